The van der Waals surface area contributed by atoms with E-state index in [0.29, 0.717) is 17.4 Å². The zero-order chi connectivity index (χ0) is 17.8. The van der Waals surface area contributed by atoms with Gasteiger partial charge in [0.05, 0.1) is 11.6 Å². The van der Waals surface area contributed by atoms with Crippen molar-refractivity contribution in [1.82, 2.24) is 0 Å². The van der Waals surface area contributed by atoms with Crippen LogP contribution in [-0.4, -0.2) is 11.1 Å². The second kappa shape index (κ2) is 5.87. The summed E-state index contributed by atoms with van der Waals surface area (Å²) in [5, 5.41) is 13.0. The minimum atomic E-state index is -0.858. The lowest BCUT2D eigenvalue weighted by atomic mass is 9.68. The molecule has 0 saturated heterocycles. The topological polar surface area (TPSA) is 49.3 Å². The average molecular weight is 347 g/mol. The maximum atomic E-state index is 11.2. The third-order valence-electron chi connectivity index (χ3n) is 7.08. The molecule has 134 valence electrons. The predicted octanol–water partition coefficient (Wildman–Crippen LogP) is 5.24. The Morgan fingerprint density at radius 2 is 1.88 bits per heavy atom. The molecule has 5 rings (SSSR count). The Kier molecular flexibility index (Phi) is 3.59. The fraction of sp³-hybridized carbons (Fsp3) is 0.435. The van der Waals surface area contributed by atoms with E-state index in [9.17, 15) is 9.90 Å². The van der Waals surface area contributed by atoms with Gasteiger partial charge in [0, 0.05) is 5.69 Å². The largest absolute Gasteiger partial charge is 0.478 e. The Labute approximate surface area is 154 Å². The molecular weight excluding hydrogens is 322 g/mol. The number of benzene rings is 2. The van der Waals surface area contributed by atoms with Crippen LogP contribution in [0.4, 0.5) is 5.69 Å². The van der Waals surface area contributed by atoms with E-state index < -0.39 is 5.97 Å². The van der Waals surface area contributed by atoms with E-state index in [4.69, 9.17) is 0 Å². The molecule has 3 nitrogen and oxygen atoms in total. The summed E-state index contributed by atoms with van der Waals surface area (Å²) in [6.07, 6.45) is 5.15. The Balaban J connectivity index is 1.57. The van der Waals surface area contributed by atoms with Crippen molar-refractivity contribution in [2.45, 2.75) is 44.6 Å². The van der Waals surface area contributed by atoms with Crippen LogP contribution in [-0.2, 0) is 6.42 Å². The van der Waals surface area contributed by atoms with Gasteiger partial charge in [0.25, 0.3) is 0 Å². The van der Waals surface area contributed by atoms with E-state index in [1.165, 1.54) is 41.6 Å². The van der Waals surface area contributed by atoms with Crippen molar-refractivity contribution in [2.24, 2.45) is 17.8 Å². The normalized spacial score (nSPS) is 31.2. The van der Waals surface area contributed by atoms with Crippen molar-refractivity contribution in [3.8, 4) is 0 Å². The van der Waals surface area contributed by atoms with E-state index in [2.05, 4.69) is 30.4 Å². The van der Waals surface area contributed by atoms with Crippen molar-refractivity contribution in [3.05, 3.63) is 64.7 Å². The van der Waals surface area contributed by atoms with Crippen LogP contribution in [0.3, 0.4) is 0 Å². The lowest BCUT2D eigenvalue weighted by Gasteiger charge is -2.43. The summed E-state index contributed by atoms with van der Waals surface area (Å²) in [5.41, 5.74) is 5.82. The first-order valence-corrected chi connectivity index (χ1v) is 9.88. The first-order valence-electron chi connectivity index (χ1n) is 9.88. The Bertz CT molecular complexity index is 857. The molecule has 0 radical (unpaired) electrons. The van der Waals surface area contributed by atoms with Gasteiger partial charge in [0.2, 0.25) is 0 Å². The maximum absolute atomic E-state index is 11.2. The monoisotopic (exact) mass is 347 g/mol. The summed E-state index contributed by atoms with van der Waals surface area (Å²) in [6.45, 7) is 2.23. The molecule has 26 heavy (non-hydrogen) atoms. The molecule has 0 amide bonds. The number of hydrogen-bond acceptors (Lipinski definition) is 2. The van der Waals surface area contributed by atoms with Gasteiger partial charge in [0.1, 0.15) is 0 Å². The minimum Gasteiger partial charge on any atom is -0.478 e. The molecule has 2 aromatic rings. The number of aryl methyl sites for hydroxylation is 1. The van der Waals surface area contributed by atoms with Gasteiger partial charge in [-0.1, -0.05) is 31.2 Å². The highest BCUT2D eigenvalue weighted by molar-refractivity contribution is 5.87. The van der Waals surface area contributed by atoms with Crippen molar-refractivity contribution in [2.75, 3.05) is 5.32 Å². The summed E-state index contributed by atoms with van der Waals surface area (Å²) in [5.74, 6) is 2.03. The van der Waals surface area contributed by atoms with Gasteiger partial charge in [-0.2, -0.15) is 0 Å². The number of carbonyl (C=O) groups is 1. The first-order chi connectivity index (χ1) is 12.7. The van der Waals surface area contributed by atoms with Crippen molar-refractivity contribution >= 4 is 11.7 Å². The fourth-order valence-corrected chi connectivity index (χ4v) is 5.92. The number of carboxylic acid groups (broad SMARTS) is 1. The first kappa shape index (κ1) is 15.9. The lowest BCUT2D eigenvalue weighted by molar-refractivity contribution is 0.0697. The van der Waals surface area contributed by atoms with Gasteiger partial charge in [0.15, 0.2) is 0 Å². The molecule has 1 aliphatic heterocycles. The van der Waals surface area contributed by atoms with E-state index in [0.717, 1.165) is 18.3 Å². The molecule has 2 aliphatic carbocycles. The zero-order valence-corrected chi connectivity index (χ0v) is 15.1. The SMILES string of the molecule is CCc1ccc2c(c1)C1C3CCC(C3)C1C(c1ccc(C(=O)O)cc1)N2. The van der Waals surface area contributed by atoms with E-state index in [-0.39, 0.29) is 6.04 Å². The Hall–Kier alpha value is -2.29. The van der Waals surface area contributed by atoms with Crippen LogP contribution < -0.4 is 5.32 Å². The number of nitrogens with one attached hydrogen (secondary N) is 1. The van der Waals surface area contributed by atoms with Crippen LogP contribution in [0.25, 0.3) is 0 Å². The minimum absolute atomic E-state index is 0.290. The Morgan fingerprint density at radius 1 is 1.12 bits per heavy atom. The number of aromatic carboxylic acids is 1. The van der Waals surface area contributed by atoms with Crippen molar-refractivity contribution in [3.63, 3.8) is 0 Å². The lowest BCUT2D eigenvalue weighted by Crippen LogP contribution is -2.35. The maximum Gasteiger partial charge on any atom is 0.335 e. The van der Waals surface area contributed by atoms with Crippen LogP contribution in [0, 0.1) is 17.8 Å². The molecule has 0 aromatic heterocycles. The summed E-state index contributed by atoms with van der Waals surface area (Å²) in [6, 6.07) is 14.7. The number of fused-ring (bicyclic) bond motifs is 7. The standard InChI is InChI=1S/C23H25NO2/c1-2-13-3-10-19-18(11-13)20-16-8-9-17(12-16)21(20)22(24-19)14-4-6-15(7-5-14)23(25)26/h3-7,10-11,16-17,20-22,24H,2,8-9,12H2,1H3,(H,25,26). The van der Waals surface area contributed by atoms with Crippen molar-refractivity contribution < 1.29 is 9.90 Å². The molecule has 3 heteroatoms. The van der Waals surface area contributed by atoms with Gasteiger partial charge in [-0.25, -0.2) is 4.79 Å². The number of carboxylic acids is 1. The summed E-state index contributed by atoms with van der Waals surface area (Å²) in [4.78, 5) is 11.2. The second-order valence-electron chi connectivity index (χ2n) is 8.26. The molecule has 2 saturated carbocycles. The summed E-state index contributed by atoms with van der Waals surface area (Å²) >= 11 is 0. The molecular formula is C23H25NO2. The van der Waals surface area contributed by atoms with Gasteiger partial charge >= 0.3 is 5.97 Å². The highest BCUT2D eigenvalue weighted by Crippen LogP contribution is 2.63. The second-order valence-corrected chi connectivity index (χ2v) is 8.26. The van der Waals surface area contributed by atoms with E-state index in [1.807, 2.05) is 12.1 Å². The van der Waals surface area contributed by atoms with Gasteiger partial charge in [-0.3, -0.25) is 0 Å². The van der Waals surface area contributed by atoms with Crippen molar-refractivity contribution in [1.29, 1.82) is 0 Å². The van der Waals surface area contributed by atoms with E-state index >= 15 is 0 Å². The van der Waals surface area contributed by atoms with E-state index in [1.54, 1.807) is 12.1 Å². The Morgan fingerprint density at radius 3 is 2.62 bits per heavy atom. The molecule has 1 heterocycles. The summed E-state index contributed by atoms with van der Waals surface area (Å²) < 4.78 is 0. The highest BCUT2D eigenvalue weighted by Gasteiger charge is 2.53. The molecule has 2 bridgehead atoms. The highest BCUT2D eigenvalue weighted by atomic mass is 16.4. The van der Waals surface area contributed by atoms with Crippen LogP contribution in [0.15, 0.2) is 42.5 Å². The van der Waals surface area contributed by atoms with Crippen LogP contribution in [0.1, 0.15) is 65.2 Å². The summed E-state index contributed by atoms with van der Waals surface area (Å²) in [7, 11) is 0. The number of rotatable bonds is 3. The molecule has 2 N–H and O–H groups in total. The predicted molar refractivity (Wildman–Crippen MR) is 103 cm³/mol. The molecule has 0 spiro atoms. The smallest absolute Gasteiger partial charge is 0.335 e. The number of anilines is 1. The number of hydrogen-bond donors (Lipinski definition) is 2. The average Bonchev–Trinajstić information content (AvgIpc) is 3.29. The van der Waals surface area contributed by atoms with Crippen LogP contribution in [0.2, 0.25) is 0 Å². The van der Waals surface area contributed by atoms with Crippen LogP contribution in [0.5, 0.6) is 0 Å². The van der Waals surface area contributed by atoms with Gasteiger partial charge < -0.3 is 10.4 Å². The molecule has 3 aliphatic rings. The van der Waals surface area contributed by atoms with Gasteiger partial charge in [-0.15, -0.1) is 0 Å². The zero-order valence-electron chi connectivity index (χ0n) is 15.1. The third-order valence-corrected chi connectivity index (χ3v) is 7.08. The fourth-order valence-electron chi connectivity index (χ4n) is 5.92. The van der Waals surface area contributed by atoms with Gasteiger partial charge in [-0.05, 0) is 84.2 Å². The van der Waals surface area contributed by atoms with Crippen LogP contribution >= 0.6 is 0 Å². The molecule has 2 aromatic carbocycles. The molecule has 2 fully saturated rings. The quantitative estimate of drug-likeness (QED) is 0.798. The third kappa shape index (κ3) is 2.29. The molecule has 5 atom stereocenters. The molecule has 5 unspecified atom stereocenters.